The van der Waals surface area contributed by atoms with Gasteiger partial charge >= 0.3 is 0 Å². The van der Waals surface area contributed by atoms with E-state index in [1.807, 2.05) is 79.7 Å². The monoisotopic (exact) mass is 509 g/mol. The summed E-state index contributed by atoms with van der Waals surface area (Å²) in [6.07, 6.45) is 0.943. The molecule has 0 unspecified atom stereocenters. The van der Waals surface area contributed by atoms with Crippen LogP contribution in [0.15, 0.2) is 102 Å². The lowest BCUT2D eigenvalue weighted by atomic mass is 9.97. The van der Waals surface area contributed by atoms with Crippen molar-refractivity contribution < 1.29 is 14.0 Å². The van der Waals surface area contributed by atoms with Gasteiger partial charge < -0.3 is 14.0 Å². The maximum Gasteiger partial charge on any atom is 0.178 e. The van der Waals surface area contributed by atoms with Crippen molar-refractivity contribution in [1.29, 1.82) is 0 Å². The maximum absolute atomic E-state index is 6.74. The Kier molecular flexibility index (Phi) is 7.57. The van der Waals surface area contributed by atoms with Crippen LogP contribution in [0.4, 0.5) is 0 Å². The highest BCUT2D eigenvalue weighted by Gasteiger charge is 2.23. The van der Waals surface area contributed by atoms with Crippen LogP contribution < -0.4 is 9.47 Å². The van der Waals surface area contributed by atoms with E-state index in [0.717, 1.165) is 39.9 Å². The van der Waals surface area contributed by atoms with Gasteiger partial charge in [0.15, 0.2) is 5.76 Å². The number of aromatic nitrogens is 1. The van der Waals surface area contributed by atoms with Crippen molar-refractivity contribution in [2.24, 2.45) is 0 Å². The molecule has 0 radical (unpaired) electrons. The third-order valence-electron chi connectivity index (χ3n) is 6.24. The SMILES string of the molecule is CCc1cccc(-c2c(C)noc2-c2cc(Cl)c(OCc3ccccc3)cc2OCc2ccccc2)c1. The largest absolute Gasteiger partial charge is 0.488 e. The van der Waals surface area contributed by atoms with Crippen molar-refractivity contribution in [3.8, 4) is 33.9 Å². The zero-order valence-corrected chi connectivity index (χ0v) is 21.7. The van der Waals surface area contributed by atoms with Crippen LogP contribution in [0.2, 0.25) is 5.02 Å². The minimum absolute atomic E-state index is 0.390. The number of hydrogen-bond donors (Lipinski definition) is 0. The Morgan fingerprint density at radius 2 is 1.35 bits per heavy atom. The topological polar surface area (TPSA) is 44.5 Å². The number of aryl methyl sites for hydroxylation is 2. The molecule has 0 bridgehead atoms. The van der Waals surface area contributed by atoms with E-state index >= 15 is 0 Å². The third kappa shape index (κ3) is 5.71. The quantitative estimate of drug-likeness (QED) is 0.199. The molecule has 0 fully saturated rings. The minimum Gasteiger partial charge on any atom is -0.488 e. The highest BCUT2D eigenvalue weighted by Crippen LogP contribution is 2.44. The van der Waals surface area contributed by atoms with E-state index in [2.05, 4.69) is 36.3 Å². The Labute approximate surface area is 222 Å². The second-order valence-electron chi connectivity index (χ2n) is 8.85. The third-order valence-corrected chi connectivity index (χ3v) is 6.54. The van der Waals surface area contributed by atoms with Gasteiger partial charge in [0, 0.05) is 6.07 Å². The molecule has 37 heavy (non-hydrogen) atoms. The molecule has 0 spiro atoms. The molecular weight excluding hydrogens is 482 g/mol. The minimum atomic E-state index is 0.390. The summed E-state index contributed by atoms with van der Waals surface area (Å²) in [5.41, 5.74) is 6.85. The standard InChI is InChI=1S/C32H28ClNO3/c1-3-23-15-10-16-26(17-23)31-22(2)34-37-32(31)27-18-28(33)30(36-21-25-13-8-5-9-14-25)19-29(27)35-20-24-11-6-4-7-12-24/h4-19H,3,20-21H2,1-2H3. The smallest absolute Gasteiger partial charge is 0.178 e. The normalized spacial score (nSPS) is 10.9. The summed E-state index contributed by atoms with van der Waals surface area (Å²) in [6.45, 7) is 4.88. The Bertz CT molecular complexity index is 1480. The van der Waals surface area contributed by atoms with Gasteiger partial charge in [-0.05, 0) is 41.7 Å². The van der Waals surface area contributed by atoms with Crippen molar-refractivity contribution in [3.05, 3.63) is 124 Å². The first kappa shape index (κ1) is 24.7. The van der Waals surface area contributed by atoms with Gasteiger partial charge in [-0.15, -0.1) is 0 Å². The molecule has 5 rings (SSSR count). The van der Waals surface area contributed by atoms with Crippen molar-refractivity contribution >= 4 is 11.6 Å². The van der Waals surface area contributed by atoms with E-state index in [-0.39, 0.29) is 0 Å². The Morgan fingerprint density at radius 1 is 0.730 bits per heavy atom. The van der Waals surface area contributed by atoms with Crippen LogP contribution in [0.3, 0.4) is 0 Å². The van der Waals surface area contributed by atoms with Crippen LogP contribution >= 0.6 is 11.6 Å². The predicted octanol–water partition coefficient (Wildman–Crippen LogP) is 8.69. The molecule has 0 atom stereocenters. The second-order valence-corrected chi connectivity index (χ2v) is 9.26. The second kappa shape index (κ2) is 11.4. The molecule has 0 saturated carbocycles. The van der Waals surface area contributed by atoms with E-state index in [1.165, 1.54) is 5.56 Å². The van der Waals surface area contributed by atoms with Crippen molar-refractivity contribution in [2.45, 2.75) is 33.5 Å². The molecule has 0 aliphatic carbocycles. The van der Waals surface area contributed by atoms with Crippen LogP contribution in [0.25, 0.3) is 22.5 Å². The van der Waals surface area contributed by atoms with Crippen molar-refractivity contribution in [1.82, 2.24) is 5.16 Å². The van der Waals surface area contributed by atoms with Gasteiger partial charge in [0.1, 0.15) is 24.7 Å². The average molecular weight is 510 g/mol. The van der Waals surface area contributed by atoms with Gasteiger partial charge in [-0.2, -0.15) is 0 Å². The Morgan fingerprint density at radius 3 is 2.00 bits per heavy atom. The number of benzene rings is 4. The van der Waals surface area contributed by atoms with E-state index < -0.39 is 0 Å². The summed E-state index contributed by atoms with van der Waals surface area (Å²) >= 11 is 6.74. The highest BCUT2D eigenvalue weighted by molar-refractivity contribution is 6.32. The zero-order chi connectivity index (χ0) is 25.6. The molecule has 186 valence electrons. The number of halogens is 1. The Balaban J connectivity index is 1.55. The van der Waals surface area contributed by atoms with Crippen LogP contribution in [0.1, 0.15) is 29.3 Å². The summed E-state index contributed by atoms with van der Waals surface area (Å²) in [5, 5.41) is 4.78. The lowest BCUT2D eigenvalue weighted by molar-refractivity contribution is 0.290. The molecule has 4 nitrogen and oxygen atoms in total. The van der Waals surface area contributed by atoms with Crippen molar-refractivity contribution in [3.63, 3.8) is 0 Å². The summed E-state index contributed by atoms with van der Waals surface area (Å²) in [5.74, 6) is 1.77. The van der Waals surface area contributed by atoms with Gasteiger partial charge in [-0.3, -0.25) is 0 Å². The first-order valence-corrected chi connectivity index (χ1v) is 12.7. The van der Waals surface area contributed by atoms with Crippen LogP contribution in [0, 0.1) is 6.92 Å². The molecule has 5 aromatic rings. The van der Waals surface area contributed by atoms with E-state index in [1.54, 1.807) is 0 Å². The predicted molar refractivity (Wildman–Crippen MR) is 148 cm³/mol. The average Bonchev–Trinajstić information content (AvgIpc) is 3.33. The van der Waals surface area contributed by atoms with Gasteiger partial charge in [-0.1, -0.05) is 109 Å². The Hall–Kier alpha value is -4.02. The molecule has 0 aliphatic rings. The molecule has 1 heterocycles. The van der Waals surface area contributed by atoms with Crippen LogP contribution in [-0.4, -0.2) is 5.16 Å². The summed E-state index contributed by atoms with van der Waals surface area (Å²) in [4.78, 5) is 0. The first-order chi connectivity index (χ1) is 18.1. The fourth-order valence-corrected chi connectivity index (χ4v) is 4.47. The molecule has 0 saturated heterocycles. The summed E-state index contributed by atoms with van der Waals surface area (Å²) in [7, 11) is 0. The lowest BCUT2D eigenvalue weighted by Crippen LogP contribution is -2.00. The van der Waals surface area contributed by atoms with E-state index in [0.29, 0.717) is 35.5 Å². The fraction of sp³-hybridized carbons (Fsp3) is 0.156. The lowest BCUT2D eigenvalue weighted by Gasteiger charge is -2.15. The molecule has 4 aromatic carbocycles. The number of hydrogen-bond acceptors (Lipinski definition) is 4. The van der Waals surface area contributed by atoms with Gasteiger partial charge in [0.25, 0.3) is 0 Å². The van der Waals surface area contributed by atoms with Crippen molar-refractivity contribution in [2.75, 3.05) is 0 Å². The number of rotatable bonds is 9. The highest BCUT2D eigenvalue weighted by atomic mass is 35.5. The maximum atomic E-state index is 6.74. The molecule has 5 heteroatoms. The molecule has 1 aromatic heterocycles. The van der Waals surface area contributed by atoms with Crippen LogP contribution in [0.5, 0.6) is 11.5 Å². The van der Waals surface area contributed by atoms with Gasteiger partial charge in [0.05, 0.1) is 21.8 Å². The molecular formula is C32H28ClNO3. The summed E-state index contributed by atoms with van der Waals surface area (Å²) < 4.78 is 18.3. The van der Waals surface area contributed by atoms with Gasteiger partial charge in [0.2, 0.25) is 0 Å². The first-order valence-electron chi connectivity index (χ1n) is 12.4. The molecule has 0 N–H and O–H groups in total. The zero-order valence-electron chi connectivity index (χ0n) is 20.9. The number of nitrogens with zero attached hydrogens (tertiary/aromatic N) is 1. The summed E-state index contributed by atoms with van der Waals surface area (Å²) in [6, 6.07) is 32.1. The fourth-order valence-electron chi connectivity index (χ4n) is 4.25. The molecule has 0 aliphatic heterocycles. The van der Waals surface area contributed by atoms with Gasteiger partial charge in [-0.25, -0.2) is 0 Å². The van der Waals surface area contributed by atoms with Crippen LogP contribution in [-0.2, 0) is 19.6 Å². The van der Waals surface area contributed by atoms with E-state index in [4.69, 9.17) is 25.6 Å². The number of ether oxygens (including phenoxy) is 2. The van der Waals surface area contributed by atoms with E-state index in [9.17, 15) is 0 Å². The molecule has 0 amide bonds.